The molecule has 1 aliphatic heterocycles. The van der Waals surface area contributed by atoms with Gasteiger partial charge >= 0.3 is 6.09 Å². The molecule has 3 aromatic heterocycles. The van der Waals surface area contributed by atoms with Gasteiger partial charge in [-0.2, -0.15) is 0 Å². The number of nitrogens with one attached hydrogen (secondary N) is 1. The average molecular weight is 548 g/mol. The summed E-state index contributed by atoms with van der Waals surface area (Å²) in [5.74, 6) is -0.961. The van der Waals surface area contributed by atoms with Gasteiger partial charge in [0.05, 0.1) is 40.4 Å². The predicted octanol–water partition coefficient (Wildman–Crippen LogP) is 5.12. The third kappa shape index (κ3) is 5.28. The van der Waals surface area contributed by atoms with Crippen LogP contribution in [0.2, 0.25) is 0 Å². The molecule has 5 rings (SSSR count). The van der Waals surface area contributed by atoms with E-state index in [2.05, 4.69) is 20.2 Å². The summed E-state index contributed by atoms with van der Waals surface area (Å²) in [6, 6.07) is 4.58. The molecular weight excluding hydrogens is 513 g/mol. The van der Waals surface area contributed by atoms with Crippen molar-refractivity contribution in [3.63, 3.8) is 0 Å². The molecule has 0 spiro atoms. The third-order valence-corrected chi connectivity index (χ3v) is 6.79. The number of aryl methyl sites for hydroxylation is 2. The molecule has 1 fully saturated rings. The zero-order chi connectivity index (χ0) is 28.9. The lowest BCUT2D eigenvalue weighted by atomic mass is 10.0. The topological polar surface area (TPSA) is 105 Å². The summed E-state index contributed by atoms with van der Waals surface area (Å²) in [6.45, 7) is 14.3. The summed E-state index contributed by atoms with van der Waals surface area (Å²) in [5, 5.41) is 2.79. The van der Waals surface area contributed by atoms with Gasteiger partial charge in [0.25, 0.3) is 5.91 Å². The monoisotopic (exact) mass is 547 g/mol. The lowest BCUT2D eigenvalue weighted by molar-refractivity contribution is 0.00567. The van der Waals surface area contributed by atoms with Gasteiger partial charge in [-0.1, -0.05) is 0 Å². The Morgan fingerprint density at radius 3 is 2.40 bits per heavy atom. The van der Waals surface area contributed by atoms with Crippen LogP contribution in [0.5, 0.6) is 0 Å². The Labute approximate surface area is 232 Å². The molecule has 10 nitrogen and oxygen atoms in total. The van der Waals surface area contributed by atoms with E-state index in [0.29, 0.717) is 46.8 Å². The van der Waals surface area contributed by atoms with Crippen molar-refractivity contribution < 1.29 is 18.7 Å². The number of anilines is 2. The van der Waals surface area contributed by atoms with Gasteiger partial charge in [-0.3, -0.25) is 14.7 Å². The van der Waals surface area contributed by atoms with Gasteiger partial charge in [-0.25, -0.2) is 19.2 Å². The highest BCUT2D eigenvalue weighted by molar-refractivity contribution is 6.13. The Bertz CT molecular complexity index is 1620. The summed E-state index contributed by atoms with van der Waals surface area (Å²) in [4.78, 5) is 43.7. The molecule has 2 amide bonds. The van der Waals surface area contributed by atoms with Gasteiger partial charge in [0.1, 0.15) is 16.6 Å². The fourth-order valence-electron chi connectivity index (χ4n) is 5.25. The van der Waals surface area contributed by atoms with Crippen LogP contribution in [-0.2, 0) is 4.74 Å². The van der Waals surface area contributed by atoms with Crippen molar-refractivity contribution in [3.8, 4) is 0 Å². The molecule has 1 N–H and O–H groups in total. The number of benzene rings is 1. The summed E-state index contributed by atoms with van der Waals surface area (Å²) in [6.07, 6.45) is 4.60. The number of rotatable bonds is 3. The predicted molar refractivity (Wildman–Crippen MR) is 151 cm³/mol. The van der Waals surface area contributed by atoms with Crippen molar-refractivity contribution in [1.82, 2.24) is 24.3 Å². The molecule has 4 heterocycles. The molecule has 40 heavy (non-hydrogen) atoms. The van der Waals surface area contributed by atoms with Crippen LogP contribution in [0.3, 0.4) is 0 Å². The minimum Gasteiger partial charge on any atom is -0.444 e. The van der Waals surface area contributed by atoms with E-state index in [0.717, 1.165) is 5.69 Å². The van der Waals surface area contributed by atoms with Gasteiger partial charge in [-0.05, 0) is 60.6 Å². The van der Waals surface area contributed by atoms with E-state index in [1.54, 1.807) is 40.9 Å². The smallest absolute Gasteiger partial charge is 0.410 e. The molecule has 0 unspecified atom stereocenters. The Balaban J connectivity index is 1.44. The largest absolute Gasteiger partial charge is 0.444 e. The molecule has 11 heteroatoms. The van der Waals surface area contributed by atoms with E-state index in [-0.39, 0.29) is 23.8 Å². The first kappa shape index (κ1) is 27.3. The van der Waals surface area contributed by atoms with Crippen molar-refractivity contribution in [2.24, 2.45) is 0 Å². The number of halogens is 1. The molecule has 4 aromatic rings. The maximum atomic E-state index is 14.6. The Morgan fingerprint density at radius 1 is 1.02 bits per heavy atom. The van der Waals surface area contributed by atoms with E-state index in [1.165, 1.54) is 6.07 Å². The number of pyridine rings is 1. The summed E-state index contributed by atoms with van der Waals surface area (Å²) in [7, 11) is 0. The van der Waals surface area contributed by atoms with Gasteiger partial charge in [0.15, 0.2) is 11.5 Å². The van der Waals surface area contributed by atoms with Crippen molar-refractivity contribution in [2.75, 3.05) is 23.3 Å². The molecule has 210 valence electrons. The molecule has 0 saturated carbocycles. The van der Waals surface area contributed by atoms with Crippen LogP contribution >= 0.6 is 0 Å². The lowest BCUT2D eigenvalue weighted by Crippen LogP contribution is -2.59. The number of piperazine rings is 1. The molecule has 2 atom stereocenters. The SMILES string of the molecule is Cc1cnc2c(C(=O)Nc3cc(F)c4nc(C)cn4c3)ccc(N3C[C@@H](C)N(C(=O)OC(C)(C)C)[C@@H](C)C3)c2n1. The van der Waals surface area contributed by atoms with Crippen LogP contribution in [0.1, 0.15) is 56.4 Å². The summed E-state index contributed by atoms with van der Waals surface area (Å²) >= 11 is 0. The number of fused-ring (bicyclic) bond motifs is 2. The van der Waals surface area contributed by atoms with E-state index in [9.17, 15) is 14.0 Å². The molecule has 0 radical (unpaired) electrons. The van der Waals surface area contributed by atoms with E-state index in [4.69, 9.17) is 9.72 Å². The highest BCUT2D eigenvalue weighted by Crippen LogP contribution is 2.31. The second-order valence-corrected chi connectivity index (χ2v) is 11.5. The van der Waals surface area contributed by atoms with E-state index >= 15 is 0 Å². The minimum atomic E-state index is -0.581. The lowest BCUT2D eigenvalue weighted by Gasteiger charge is -2.45. The average Bonchev–Trinajstić information content (AvgIpc) is 3.22. The molecule has 0 aliphatic carbocycles. The zero-order valence-electron chi connectivity index (χ0n) is 23.8. The number of aromatic nitrogens is 4. The number of hydrogen-bond donors (Lipinski definition) is 1. The molecule has 1 aromatic carbocycles. The quantitative estimate of drug-likeness (QED) is 0.380. The Morgan fingerprint density at radius 2 is 1.73 bits per heavy atom. The van der Waals surface area contributed by atoms with Crippen molar-refractivity contribution in [3.05, 3.63) is 59.6 Å². The number of nitrogens with zero attached hydrogens (tertiary/aromatic N) is 6. The normalized spacial score (nSPS) is 17.9. The zero-order valence-corrected chi connectivity index (χ0v) is 23.8. The number of hydrogen-bond acceptors (Lipinski definition) is 7. The molecule has 1 saturated heterocycles. The van der Waals surface area contributed by atoms with Crippen LogP contribution < -0.4 is 10.2 Å². The van der Waals surface area contributed by atoms with E-state index < -0.39 is 17.3 Å². The Hall–Kier alpha value is -4.28. The minimum absolute atomic E-state index is 0.119. The highest BCUT2D eigenvalue weighted by atomic mass is 19.1. The first-order valence-electron chi connectivity index (χ1n) is 13.3. The number of carbonyl (C=O) groups is 2. The van der Waals surface area contributed by atoms with Gasteiger partial charge in [-0.15, -0.1) is 0 Å². The summed E-state index contributed by atoms with van der Waals surface area (Å²) < 4.78 is 21.8. The van der Waals surface area contributed by atoms with Gasteiger partial charge in [0.2, 0.25) is 0 Å². The maximum absolute atomic E-state index is 14.6. The summed E-state index contributed by atoms with van der Waals surface area (Å²) in [5.41, 5.74) is 3.47. The fraction of sp³-hybridized carbons (Fsp3) is 0.414. The van der Waals surface area contributed by atoms with Crippen molar-refractivity contribution >= 4 is 40.1 Å². The number of carbonyl (C=O) groups excluding carboxylic acids is 2. The van der Waals surface area contributed by atoms with Crippen molar-refractivity contribution in [1.29, 1.82) is 0 Å². The van der Waals surface area contributed by atoms with Crippen LogP contribution in [0.15, 0.2) is 36.8 Å². The van der Waals surface area contributed by atoms with Crippen LogP contribution in [0.25, 0.3) is 16.7 Å². The van der Waals surface area contributed by atoms with Crippen molar-refractivity contribution in [2.45, 2.75) is 66.2 Å². The number of ether oxygens (including phenoxy) is 1. The van der Waals surface area contributed by atoms with Crippen LogP contribution in [0, 0.1) is 19.7 Å². The fourth-order valence-corrected chi connectivity index (χ4v) is 5.25. The van der Waals surface area contributed by atoms with Gasteiger partial charge in [0, 0.05) is 37.7 Å². The first-order valence-corrected chi connectivity index (χ1v) is 13.3. The highest BCUT2D eigenvalue weighted by Gasteiger charge is 2.36. The number of imidazole rings is 1. The van der Waals surface area contributed by atoms with Crippen LogP contribution in [-0.4, -0.2) is 67.0 Å². The molecule has 1 aliphatic rings. The van der Waals surface area contributed by atoms with E-state index in [1.807, 2.05) is 47.6 Å². The van der Waals surface area contributed by atoms with Crippen LogP contribution in [0.4, 0.5) is 20.6 Å². The Kier molecular flexibility index (Phi) is 6.85. The second kappa shape index (κ2) is 10.0. The third-order valence-electron chi connectivity index (χ3n) is 6.79. The first-order chi connectivity index (χ1) is 18.8. The standard InChI is InChI=1S/C29H34FN7O3/c1-16-11-31-24-21(27(38)34-20-10-22(30)26-33-17(2)12-36(26)15-20)8-9-23(25(24)32-16)35-13-18(3)37(19(4)14-35)28(39)40-29(5,6)7/h8-12,15,18-19H,13-14H2,1-7H3,(H,34,38)/t18-,19+. The molecular formula is C29H34FN7O3. The van der Waals surface area contributed by atoms with Gasteiger partial charge < -0.3 is 19.4 Å². The maximum Gasteiger partial charge on any atom is 0.410 e. The molecule has 0 bridgehead atoms. The second-order valence-electron chi connectivity index (χ2n) is 11.5. The number of amides is 2.